The van der Waals surface area contributed by atoms with Crippen LogP contribution in [0.2, 0.25) is 0 Å². The van der Waals surface area contributed by atoms with Crippen molar-refractivity contribution < 1.29 is 4.74 Å². The molecular weight excluding hydrogens is 252 g/mol. The summed E-state index contributed by atoms with van der Waals surface area (Å²) in [6.45, 7) is 6.54. The summed E-state index contributed by atoms with van der Waals surface area (Å²) in [4.78, 5) is 6.55. The van der Waals surface area contributed by atoms with E-state index < -0.39 is 0 Å². The van der Waals surface area contributed by atoms with Crippen LogP contribution < -0.4 is 11.1 Å². The maximum Gasteiger partial charge on any atom is 0.188 e. The van der Waals surface area contributed by atoms with E-state index in [1.54, 1.807) is 7.11 Å². The van der Waals surface area contributed by atoms with Gasteiger partial charge in [-0.05, 0) is 13.5 Å². The highest BCUT2D eigenvalue weighted by molar-refractivity contribution is 5.77. The highest BCUT2D eigenvalue weighted by atomic mass is 16.5. The molecular formula is C15H34N4O. The maximum absolute atomic E-state index is 5.82. The first-order chi connectivity index (χ1) is 9.70. The molecule has 0 aliphatic heterocycles. The van der Waals surface area contributed by atoms with Crippen molar-refractivity contribution in [2.24, 2.45) is 10.7 Å². The number of nitrogens with two attached hydrogens (primary N) is 1. The number of aliphatic imine (C=N–C) groups is 1. The molecule has 0 aromatic heterocycles. The molecule has 0 aliphatic carbocycles. The Hall–Kier alpha value is -0.810. The summed E-state index contributed by atoms with van der Waals surface area (Å²) >= 11 is 0. The van der Waals surface area contributed by atoms with Gasteiger partial charge in [0, 0.05) is 33.3 Å². The lowest BCUT2D eigenvalue weighted by Crippen LogP contribution is -2.38. The molecule has 0 saturated carbocycles. The molecule has 0 amide bonds. The molecule has 0 rings (SSSR count). The van der Waals surface area contributed by atoms with Crippen LogP contribution in [0, 0.1) is 0 Å². The zero-order valence-electron chi connectivity index (χ0n) is 13.7. The lowest BCUT2D eigenvalue weighted by molar-refractivity contribution is 0.162. The number of hydrogen-bond acceptors (Lipinski definition) is 3. The molecule has 0 atom stereocenters. The Kier molecular flexibility index (Phi) is 14.0. The molecule has 0 aliphatic rings. The third kappa shape index (κ3) is 13.6. The number of unbranched alkanes of at least 4 members (excludes halogenated alkanes) is 5. The van der Waals surface area contributed by atoms with Crippen LogP contribution in [0.1, 0.15) is 45.4 Å². The number of likely N-dealkylation sites (N-methyl/N-ethyl adjacent to an activating group) is 1. The number of hydrogen-bond donors (Lipinski definition) is 2. The molecule has 0 radical (unpaired) electrons. The van der Waals surface area contributed by atoms with Gasteiger partial charge < -0.3 is 20.7 Å². The van der Waals surface area contributed by atoms with Crippen molar-refractivity contribution >= 4 is 5.96 Å². The highest BCUT2D eigenvalue weighted by Crippen LogP contribution is 2.04. The van der Waals surface area contributed by atoms with E-state index in [4.69, 9.17) is 10.5 Å². The lowest BCUT2D eigenvalue weighted by Gasteiger charge is -2.16. The topological polar surface area (TPSA) is 62.9 Å². The second-order valence-corrected chi connectivity index (χ2v) is 5.26. The first-order valence-corrected chi connectivity index (χ1v) is 7.92. The van der Waals surface area contributed by atoms with Gasteiger partial charge in [-0.25, -0.2) is 0 Å². The molecule has 0 unspecified atom stereocenters. The fourth-order valence-electron chi connectivity index (χ4n) is 1.88. The van der Waals surface area contributed by atoms with Crippen LogP contribution in [-0.2, 0) is 4.74 Å². The van der Waals surface area contributed by atoms with Gasteiger partial charge in [-0.15, -0.1) is 0 Å². The van der Waals surface area contributed by atoms with Crippen LogP contribution in [-0.4, -0.2) is 57.8 Å². The molecule has 0 heterocycles. The summed E-state index contributed by atoms with van der Waals surface area (Å²) in [5, 5.41) is 3.15. The second-order valence-electron chi connectivity index (χ2n) is 5.26. The molecule has 20 heavy (non-hydrogen) atoms. The van der Waals surface area contributed by atoms with Gasteiger partial charge in [0.05, 0.1) is 6.61 Å². The first-order valence-electron chi connectivity index (χ1n) is 7.92. The number of rotatable bonds is 13. The van der Waals surface area contributed by atoms with Crippen molar-refractivity contribution in [3.05, 3.63) is 0 Å². The van der Waals surface area contributed by atoms with Crippen molar-refractivity contribution in [3.63, 3.8) is 0 Å². The van der Waals surface area contributed by atoms with Crippen molar-refractivity contribution in [2.75, 3.05) is 46.9 Å². The van der Waals surface area contributed by atoms with Gasteiger partial charge >= 0.3 is 0 Å². The van der Waals surface area contributed by atoms with E-state index in [1.165, 1.54) is 32.1 Å². The van der Waals surface area contributed by atoms with Crippen LogP contribution in [0.4, 0.5) is 0 Å². The van der Waals surface area contributed by atoms with Crippen LogP contribution in [0.3, 0.4) is 0 Å². The predicted molar refractivity (Wildman–Crippen MR) is 87.2 cm³/mol. The molecule has 5 heteroatoms. The maximum atomic E-state index is 5.82. The molecule has 5 nitrogen and oxygen atoms in total. The summed E-state index contributed by atoms with van der Waals surface area (Å²) in [5.41, 5.74) is 5.82. The third-order valence-electron chi connectivity index (χ3n) is 3.27. The summed E-state index contributed by atoms with van der Waals surface area (Å²) in [6.07, 6.45) is 7.72. The summed E-state index contributed by atoms with van der Waals surface area (Å²) in [7, 11) is 3.79. The van der Waals surface area contributed by atoms with E-state index in [-0.39, 0.29) is 0 Å². The van der Waals surface area contributed by atoms with Crippen molar-refractivity contribution in [2.45, 2.75) is 45.4 Å². The number of ether oxygens (including phenoxy) is 1. The smallest absolute Gasteiger partial charge is 0.188 e. The van der Waals surface area contributed by atoms with Crippen molar-refractivity contribution in [3.8, 4) is 0 Å². The van der Waals surface area contributed by atoms with Crippen molar-refractivity contribution in [1.29, 1.82) is 0 Å². The van der Waals surface area contributed by atoms with Gasteiger partial charge in [0.15, 0.2) is 5.96 Å². The minimum absolute atomic E-state index is 0.568. The standard InChI is InChI=1S/C15H34N4O/c1-4-5-6-7-8-9-10-17-15(16)18-11-12-19(2)13-14-20-3/h4-14H2,1-3H3,(H3,16,17,18). The lowest BCUT2D eigenvalue weighted by atomic mass is 10.1. The Morgan fingerprint density at radius 2 is 1.85 bits per heavy atom. The highest BCUT2D eigenvalue weighted by Gasteiger charge is 1.97. The normalized spacial score (nSPS) is 12.1. The monoisotopic (exact) mass is 286 g/mol. The summed E-state index contributed by atoms with van der Waals surface area (Å²) < 4.78 is 5.03. The van der Waals surface area contributed by atoms with E-state index in [1.807, 2.05) is 0 Å². The van der Waals surface area contributed by atoms with E-state index in [0.717, 1.165) is 39.2 Å². The summed E-state index contributed by atoms with van der Waals surface area (Å²) in [6, 6.07) is 0. The molecule has 0 saturated heterocycles. The second kappa shape index (κ2) is 14.6. The Morgan fingerprint density at radius 1 is 1.15 bits per heavy atom. The fourth-order valence-corrected chi connectivity index (χ4v) is 1.88. The van der Waals surface area contributed by atoms with E-state index in [0.29, 0.717) is 5.96 Å². The minimum atomic E-state index is 0.568. The van der Waals surface area contributed by atoms with Gasteiger partial charge in [-0.1, -0.05) is 39.0 Å². The van der Waals surface area contributed by atoms with Crippen LogP contribution >= 0.6 is 0 Å². The molecule has 0 aromatic rings. The molecule has 0 aromatic carbocycles. The SMILES string of the molecule is CCCCCCCCN=C(N)NCCN(C)CCOC. The van der Waals surface area contributed by atoms with Gasteiger partial charge in [-0.3, -0.25) is 4.99 Å². The van der Waals surface area contributed by atoms with Gasteiger partial charge in [-0.2, -0.15) is 0 Å². The van der Waals surface area contributed by atoms with E-state index in [2.05, 4.69) is 29.2 Å². The third-order valence-corrected chi connectivity index (χ3v) is 3.27. The van der Waals surface area contributed by atoms with E-state index >= 15 is 0 Å². The molecule has 0 spiro atoms. The predicted octanol–water partition coefficient (Wildman–Crippen LogP) is 1.83. The van der Waals surface area contributed by atoms with E-state index in [9.17, 15) is 0 Å². The van der Waals surface area contributed by atoms with Gasteiger partial charge in [0.1, 0.15) is 0 Å². The number of methoxy groups -OCH3 is 1. The Morgan fingerprint density at radius 3 is 2.55 bits per heavy atom. The number of guanidine groups is 1. The molecule has 120 valence electrons. The average Bonchev–Trinajstić information content (AvgIpc) is 2.44. The van der Waals surface area contributed by atoms with Crippen LogP contribution in [0.25, 0.3) is 0 Å². The van der Waals surface area contributed by atoms with Gasteiger partial charge in [0.25, 0.3) is 0 Å². The Balaban J connectivity index is 3.41. The zero-order chi connectivity index (χ0) is 15.1. The fraction of sp³-hybridized carbons (Fsp3) is 0.933. The Bertz CT molecular complexity index is 234. The quantitative estimate of drug-likeness (QED) is 0.308. The number of nitrogens with zero attached hydrogens (tertiary/aromatic N) is 2. The first kappa shape index (κ1) is 19.2. The summed E-state index contributed by atoms with van der Waals surface area (Å²) in [5.74, 6) is 0.568. The molecule has 0 bridgehead atoms. The molecule has 0 fully saturated rings. The minimum Gasteiger partial charge on any atom is -0.383 e. The average molecular weight is 286 g/mol. The van der Waals surface area contributed by atoms with Crippen molar-refractivity contribution in [1.82, 2.24) is 10.2 Å². The van der Waals surface area contributed by atoms with Crippen LogP contribution in [0.5, 0.6) is 0 Å². The Labute approximate surface area is 125 Å². The zero-order valence-corrected chi connectivity index (χ0v) is 13.7. The largest absolute Gasteiger partial charge is 0.383 e. The molecule has 3 N–H and O–H groups in total. The van der Waals surface area contributed by atoms with Gasteiger partial charge in [0.2, 0.25) is 0 Å². The van der Waals surface area contributed by atoms with Crippen LogP contribution in [0.15, 0.2) is 4.99 Å². The number of nitrogens with one attached hydrogen (secondary N) is 1.